The van der Waals surface area contributed by atoms with E-state index in [9.17, 15) is 4.79 Å². The average molecular weight is 521 g/mol. The van der Waals surface area contributed by atoms with E-state index in [2.05, 4.69) is 128 Å². The SMILES string of the molecule is CC1(CP(c2ccccc2)c2ccccc2)C2CCC1(CP(c1ccccc1)c1ccccc1)C(=O)C2. The highest BCUT2D eigenvalue weighted by atomic mass is 31.1. The van der Waals surface area contributed by atoms with Crippen LogP contribution >= 0.6 is 15.8 Å². The highest BCUT2D eigenvalue weighted by Gasteiger charge is 2.66. The molecule has 4 aromatic carbocycles. The van der Waals surface area contributed by atoms with E-state index >= 15 is 0 Å². The molecule has 4 aromatic rings. The van der Waals surface area contributed by atoms with Crippen LogP contribution in [0.2, 0.25) is 0 Å². The van der Waals surface area contributed by atoms with Crippen molar-refractivity contribution >= 4 is 42.8 Å². The van der Waals surface area contributed by atoms with E-state index in [0.717, 1.165) is 25.2 Å². The summed E-state index contributed by atoms with van der Waals surface area (Å²) in [4.78, 5) is 14.0. The minimum absolute atomic E-state index is 0.00557. The van der Waals surface area contributed by atoms with Gasteiger partial charge in [-0.1, -0.05) is 128 Å². The van der Waals surface area contributed by atoms with E-state index < -0.39 is 15.8 Å². The van der Waals surface area contributed by atoms with E-state index in [1.54, 1.807) is 0 Å². The number of benzene rings is 4. The van der Waals surface area contributed by atoms with Crippen molar-refractivity contribution in [2.24, 2.45) is 16.7 Å². The van der Waals surface area contributed by atoms with Crippen molar-refractivity contribution < 1.29 is 4.79 Å². The van der Waals surface area contributed by atoms with Gasteiger partial charge in [-0.3, -0.25) is 4.79 Å². The van der Waals surface area contributed by atoms with Gasteiger partial charge in [0.2, 0.25) is 0 Å². The smallest absolute Gasteiger partial charge is 0.140 e. The topological polar surface area (TPSA) is 17.1 Å². The fourth-order valence-electron chi connectivity index (χ4n) is 6.94. The Hall–Kier alpha value is -2.59. The molecule has 0 amide bonds. The molecule has 3 unspecified atom stereocenters. The van der Waals surface area contributed by atoms with Gasteiger partial charge in [0, 0.05) is 11.8 Å². The molecule has 0 aromatic heterocycles. The molecule has 3 heteroatoms. The summed E-state index contributed by atoms with van der Waals surface area (Å²) in [6.45, 7) is 2.49. The van der Waals surface area contributed by atoms with Gasteiger partial charge in [0.05, 0.1) is 0 Å². The van der Waals surface area contributed by atoms with Crippen LogP contribution in [0.3, 0.4) is 0 Å². The molecule has 0 heterocycles. The van der Waals surface area contributed by atoms with Crippen LogP contribution in [0.4, 0.5) is 0 Å². The van der Waals surface area contributed by atoms with E-state index in [1.165, 1.54) is 27.6 Å². The predicted octanol–water partition coefficient (Wildman–Crippen LogP) is 6.63. The predicted molar refractivity (Wildman–Crippen MR) is 161 cm³/mol. The van der Waals surface area contributed by atoms with Gasteiger partial charge in [0.1, 0.15) is 5.78 Å². The van der Waals surface area contributed by atoms with Crippen molar-refractivity contribution in [3.05, 3.63) is 121 Å². The molecule has 2 aliphatic rings. The fraction of sp³-hybridized carbons (Fsp3) is 0.265. The number of fused-ring (bicyclic) bond motifs is 2. The maximum Gasteiger partial charge on any atom is 0.140 e. The Kier molecular flexibility index (Phi) is 6.88. The number of carbonyl (C=O) groups excluding carboxylic acids is 1. The summed E-state index contributed by atoms with van der Waals surface area (Å²) in [6, 6.07) is 44.0. The molecule has 1 nitrogen and oxygen atoms in total. The number of carbonyl (C=O) groups is 1. The van der Waals surface area contributed by atoms with Gasteiger partial charge in [-0.15, -0.1) is 0 Å². The molecule has 0 aliphatic heterocycles. The molecule has 2 saturated carbocycles. The van der Waals surface area contributed by atoms with Crippen molar-refractivity contribution in [3.63, 3.8) is 0 Å². The van der Waals surface area contributed by atoms with Crippen LogP contribution in [-0.4, -0.2) is 18.1 Å². The standard InChI is InChI=1S/C34H34OP2/c1-33(25-36(28-14-6-2-7-15-28)29-16-8-3-9-17-29)27-22-23-34(33,32(35)24-27)26-37(30-18-10-4-11-19-30)31-20-12-5-13-21-31/h2-21,27H,22-26H2,1H3. The van der Waals surface area contributed by atoms with Crippen molar-refractivity contribution in [3.8, 4) is 0 Å². The summed E-state index contributed by atoms with van der Waals surface area (Å²) >= 11 is 0. The molecule has 186 valence electrons. The van der Waals surface area contributed by atoms with E-state index in [-0.39, 0.29) is 10.8 Å². The molecule has 0 saturated heterocycles. The molecule has 2 fully saturated rings. The van der Waals surface area contributed by atoms with Gasteiger partial charge in [0.25, 0.3) is 0 Å². The van der Waals surface area contributed by atoms with Gasteiger partial charge in [-0.25, -0.2) is 0 Å². The van der Waals surface area contributed by atoms with Crippen LogP contribution in [-0.2, 0) is 4.79 Å². The number of rotatable bonds is 8. The van der Waals surface area contributed by atoms with Crippen LogP contribution in [0.5, 0.6) is 0 Å². The van der Waals surface area contributed by atoms with Crippen LogP contribution < -0.4 is 21.2 Å². The molecular weight excluding hydrogens is 486 g/mol. The van der Waals surface area contributed by atoms with Crippen LogP contribution in [0.25, 0.3) is 0 Å². The van der Waals surface area contributed by atoms with Crippen LogP contribution in [0, 0.1) is 16.7 Å². The summed E-state index contributed by atoms with van der Waals surface area (Å²) in [7, 11) is -1.17. The number of hydrogen-bond acceptors (Lipinski definition) is 1. The lowest BCUT2D eigenvalue weighted by Gasteiger charge is -2.44. The van der Waals surface area contributed by atoms with Crippen LogP contribution in [0.15, 0.2) is 121 Å². The van der Waals surface area contributed by atoms with Crippen molar-refractivity contribution in [2.45, 2.75) is 26.2 Å². The van der Waals surface area contributed by atoms with Gasteiger partial charge in [-0.05, 0) is 73.6 Å². The Bertz CT molecular complexity index is 1260. The lowest BCUT2D eigenvalue weighted by Crippen LogP contribution is -2.45. The highest BCUT2D eigenvalue weighted by molar-refractivity contribution is 7.73. The third kappa shape index (κ3) is 4.41. The van der Waals surface area contributed by atoms with E-state index in [0.29, 0.717) is 11.7 Å². The van der Waals surface area contributed by atoms with Gasteiger partial charge in [0.15, 0.2) is 0 Å². The summed E-state index contributed by atoms with van der Waals surface area (Å²) in [5.41, 5.74) is -0.245. The largest absolute Gasteiger partial charge is 0.299 e. The Morgan fingerprint density at radius 2 is 1.00 bits per heavy atom. The molecule has 37 heavy (non-hydrogen) atoms. The fourth-order valence-corrected chi connectivity index (χ4v) is 12.8. The summed E-state index contributed by atoms with van der Waals surface area (Å²) in [5, 5.41) is 5.62. The van der Waals surface area contributed by atoms with E-state index in [1.807, 2.05) is 0 Å². The third-order valence-corrected chi connectivity index (χ3v) is 14.6. The summed E-state index contributed by atoms with van der Waals surface area (Å²) in [6.07, 6.45) is 5.03. The highest BCUT2D eigenvalue weighted by Crippen LogP contribution is 2.69. The first-order chi connectivity index (χ1) is 18.1. The Morgan fingerprint density at radius 3 is 1.38 bits per heavy atom. The van der Waals surface area contributed by atoms with Gasteiger partial charge in [-0.2, -0.15) is 0 Å². The van der Waals surface area contributed by atoms with Crippen molar-refractivity contribution in [1.82, 2.24) is 0 Å². The zero-order chi connectivity index (χ0) is 25.3. The Morgan fingerprint density at radius 1 is 0.622 bits per heavy atom. The Labute approximate surface area is 223 Å². The Balaban J connectivity index is 1.42. The van der Waals surface area contributed by atoms with E-state index in [4.69, 9.17) is 0 Å². The normalized spacial score (nSPS) is 24.7. The molecular formula is C34H34OP2. The molecule has 0 radical (unpaired) electrons. The first-order valence-electron chi connectivity index (χ1n) is 13.4. The molecule has 3 atom stereocenters. The summed E-state index contributed by atoms with van der Waals surface area (Å²) in [5.74, 6) is 1.02. The van der Waals surface area contributed by atoms with Crippen LogP contribution in [0.1, 0.15) is 26.2 Å². The second kappa shape index (κ2) is 10.3. The number of Topliss-reactive ketones (excluding diaryl/α,β-unsaturated/α-hetero) is 1. The lowest BCUT2D eigenvalue weighted by atomic mass is 9.70. The second-order valence-electron chi connectivity index (χ2n) is 10.9. The summed E-state index contributed by atoms with van der Waals surface area (Å²) < 4.78 is 0. The molecule has 2 aliphatic carbocycles. The maximum atomic E-state index is 14.0. The molecule has 2 bridgehead atoms. The zero-order valence-corrected chi connectivity index (χ0v) is 23.3. The first kappa shape index (κ1) is 24.7. The first-order valence-corrected chi connectivity index (χ1v) is 16.4. The molecule has 0 spiro atoms. The average Bonchev–Trinajstić information content (AvgIpc) is 3.34. The number of ketones is 1. The molecule has 6 rings (SSSR count). The zero-order valence-electron chi connectivity index (χ0n) is 21.5. The van der Waals surface area contributed by atoms with Gasteiger partial charge < -0.3 is 0 Å². The minimum Gasteiger partial charge on any atom is -0.299 e. The van der Waals surface area contributed by atoms with Crippen molar-refractivity contribution in [2.75, 3.05) is 12.3 Å². The molecule has 0 N–H and O–H groups in total. The third-order valence-electron chi connectivity index (χ3n) is 9.07. The second-order valence-corrected chi connectivity index (χ2v) is 15.3. The quantitative estimate of drug-likeness (QED) is 0.239. The monoisotopic (exact) mass is 520 g/mol. The number of hydrogen-bond donors (Lipinski definition) is 0. The van der Waals surface area contributed by atoms with Crippen molar-refractivity contribution in [1.29, 1.82) is 0 Å². The lowest BCUT2D eigenvalue weighted by molar-refractivity contribution is -0.127. The van der Waals surface area contributed by atoms with Gasteiger partial charge >= 0.3 is 0 Å². The maximum absolute atomic E-state index is 14.0. The minimum atomic E-state index is -0.622.